The number of fused-ring (bicyclic) bond motifs is 3. The first kappa shape index (κ1) is 14.0. The summed E-state index contributed by atoms with van der Waals surface area (Å²) in [6.07, 6.45) is 6.61. The second-order valence-electron chi connectivity index (χ2n) is 6.89. The van der Waals surface area contributed by atoms with Crippen LogP contribution in [0.25, 0.3) is 6.08 Å². The van der Waals surface area contributed by atoms with Gasteiger partial charge in [-0.05, 0) is 30.4 Å². The maximum absolute atomic E-state index is 12.0. The lowest BCUT2D eigenvalue weighted by molar-refractivity contribution is -0.134. The van der Waals surface area contributed by atoms with Crippen LogP contribution >= 0.6 is 0 Å². The van der Waals surface area contributed by atoms with E-state index in [1.165, 1.54) is 29.5 Å². The van der Waals surface area contributed by atoms with E-state index in [1.807, 2.05) is 6.92 Å². The lowest BCUT2D eigenvalue weighted by Gasteiger charge is -2.41. The molecule has 2 atom stereocenters. The molecule has 2 bridgehead atoms. The molecule has 3 aliphatic rings. The third kappa shape index (κ3) is 2.38. The highest BCUT2D eigenvalue weighted by atomic mass is 16.2. The monoisotopic (exact) mass is 296 g/mol. The van der Waals surface area contributed by atoms with Gasteiger partial charge in [0.2, 0.25) is 5.91 Å². The van der Waals surface area contributed by atoms with Crippen molar-refractivity contribution < 1.29 is 4.79 Å². The Morgan fingerprint density at radius 1 is 1.18 bits per heavy atom. The molecule has 0 saturated carbocycles. The van der Waals surface area contributed by atoms with E-state index in [4.69, 9.17) is 0 Å². The molecule has 2 fully saturated rings. The topological polar surface area (TPSA) is 23.6 Å². The van der Waals surface area contributed by atoms with E-state index in [2.05, 4.69) is 40.1 Å². The fourth-order valence-electron chi connectivity index (χ4n) is 4.36. The Hall–Kier alpha value is -1.61. The number of rotatable bonds is 3. The van der Waals surface area contributed by atoms with Gasteiger partial charge in [0.05, 0.1) is 0 Å². The molecule has 0 N–H and O–H groups in total. The molecule has 0 radical (unpaired) electrons. The van der Waals surface area contributed by atoms with Crippen LogP contribution < -0.4 is 0 Å². The molecule has 0 spiro atoms. The number of likely N-dealkylation sites (tertiary alicyclic amines) is 1. The summed E-state index contributed by atoms with van der Waals surface area (Å²) in [5, 5.41) is 0. The first-order valence-electron chi connectivity index (χ1n) is 8.55. The fourth-order valence-corrected chi connectivity index (χ4v) is 4.36. The van der Waals surface area contributed by atoms with Crippen molar-refractivity contribution in [2.45, 2.75) is 44.7 Å². The zero-order valence-electron chi connectivity index (χ0n) is 13.3. The standard InChI is InChI=1S/C19H24N2O/c1-2-19(22)20-12-17-7-8-18(13-20)21(17)11-14-9-15-5-3-4-6-16(15)10-14/h3-6,9,17-18H,2,7-8,10-13H2,1H3. The van der Waals surface area contributed by atoms with E-state index in [0.717, 1.165) is 26.1 Å². The van der Waals surface area contributed by atoms with Crippen LogP contribution in [0.2, 0.25) is 0 Å². The number of amides is 1. The minimum atomic E-state index is 0.323. The molecule has 1 aromatic rings. The van der Waals surface area contributed by atoms with Crippen molar-refractivity contribution in [3.05, 3.63) is 41.0 Å². The number of carbonyl (C=O) groups is 1. The molecule has 22 heavy (non-hydrogen) atoms. The quantitative estimate of drug-likeness (QED) is 0.856. The number of carbonyl (C=O) groups excluding carboxylic acids is 1. The molecule has 1 aliphatic carbocycles. The van der Waals surface area contributed by atoms with Crippen LogP contribution in [0, 0.1) is 0 Å². The Labute approximate surface area is 132 Å². The molecule has 2 unspecified atom stereocenters. The second-order valence-corrected chi connectivity index (χ2v) is 6.89. The Balaban J connectivity index is 1.45. The van der Waals surface area contributed by atoms with Gasteiger partial charge in [-0.3, -0.25) is 9.69 Å². The highest BCUT2D eigenvalue weighted by Gasteiger charge is 2.41. The third-order valence-corrected chi connectivity index (χ3v) is 5.51. The predicted octanol–water partition coefficient (Wildman–Crippen LogP) is 2.71. The zero-order chi connectivity index (χ0) is 15.1. The van der Waals surface area contributed by atoms with Gasteiger partial charge in [-0.1, -0.05) is 42.8 Å². The van der Waals surface area contributed by atoms with E-state index >= 15 is 0 Å². The molecule has 3 heteroatoms. The predicted molar refractivity (Wildman–Crippen MR) is 88.5 cm³/mol. The maximum atomic E-state index is 12.0. The molecule has 1 amide bonds. The van der Waals surface area contributed by atoms with Gasteiger partial charge < -0.3 is 4.90 Å². The van der Waals surface area contributed by atoms with E-state index in [9.17, 15) is 4.79 Å². The smallest absolute Gasteiger partial charge is 0.222 e. The van der Waals surface area contributed by atoms with Gasteiger partial charge in [0, 0.05) is 38.1 Å². The van der Waals surface area contributed by atoms with E-state index in [1.54, 1.807) is 0 Å². The number of hydrogen-bond acceptors (Lipinski definition) is 2. The second kappa shape index (κ2) is 5.54. The Bertz CT molecular complexity index is 608. The average Bonchev–Trinajstić information content (AvgIpc) is 3.03. The Kier molecular flexibility index (Phi) is 3.53. The van der Waals surface area contributed by atoms with Gasteiger partial charge in [-0.2, -0.15) is 0 Å². The van der Waals surface area contributed by atoms with Crippen LogP contribution in [0.4, 0.5) is 0 Å². The van der Waals surface area contributed by atoms with Gasteiger partial charge >= 0.3 is 0 Å². The Morgan fingerprint density at radius 2 is 1.91 bits per heavy atom. The fraction of sp³-hybridized carbons (Fsp3) is 0.526. The van der Waals surface area contributed by atoms with E-state index < -0.39 is 0 Å². The number of hydrogen-bond donors (Lipinski definition) is 0. The molecule has 116 valence electrons. The first-order valence-corrected chi connectivity index (χ1v) is 8.55. The minimum Gasteiger partial charge on any atom is -0.340 e. The van der Waals surface area contributed by atoms with Crippen molar-refractivity contribution in [3.8, 4) is 0 Å². The van der Waals surface area contributed by atoms with Crippen molar-refractivity contribution in [3.63, 3.8) is 0 Å². The molecular formula is C19H24N2O. The van der Waals surface area contributed by atoms with Crippen LogP contribution in [-0.2, 0) is 11.2 Å². The molecule has 1 aromatic carbocycles. The van der Waals surface area contributed by atoms with E-state index in [-0.39, 0.29) is 0 Å². The van der Waals surface area contributed by atoms with Crippen LogP contribution in [-0.4, -0.2) is 47.4 Å². The van der Waals surface area contributed by atoms with Crippen LogP contribution in [0.5, 0.6) is 0 Å². The Morgan fingerprint density at radius 3 is 2.59 bits per heavy atom. The van der Waals surface area contributed by atoms with Crippen molar-refractivity contribution >= 4 is 12.0 Å². The van der Waals surface area contributed by atoms with Crippen molar-refractivity contribution in [2.75, 3.05) is 19.6 Å². The largest absolute Gasteiger partial charge is 0.340 e. The molecular weight excluding hydrogens is 272 g/mol. The van der Waals surface area contributed by atoms with Crippen molar-refractivity contribution in [1.82, 2.24) is 9.80 Å². The van der Waals surface area contributed by atoms with Crippen molar-refractivity contribution in [1.29, 1.82) is 0 Å². The van der Waals surface area contributed by atoms with Gasteiger partial charge in [0.25, 0.3) is 0 Å². The summed E-state index contributed by atoms with van der Waals surface area (Å²) >= 11 is 0. The lowest BCUT2D eigenvalue weighted by Crippen LogP contribution is -2.55. The summed E-state index contributed by atoms with van der Waals surface area (Å²) < 4.78 is 0. The normalized spacial score (nSPS) is 27.0. The van der Waals surface area contributed by atoms with Crippen LogP contribution in [0.1, 0.15) is 37.3 Å². The lowest BCUT2D eigenvalue weighted by atomic mass is 10.1. The first-order chi connectivity index (χ1) is 10.7. The van der Waals surface area contributed by atoms with Gasteiger partial charge in [0.15, 0.2) is 0 Å². The van der Waals surface area contributed by atoms with Crippen LogP contribution in [0.15, 0.2) is 29.8 Å². The highest BCUT2D eigenvalue weighted by Crippen LogP contribution is 2.33. The molecule has 4 rings (SSSR count). The SMILES string of the molecule is CCC(=O)N1CC2CCC(C1)N2CC1=Cc2ccccc2C1. The van der Waals surface area contributed by atoms with Crippen LogP contribution in [0.3, 0.4) is 0 Å². The van der Waals surface area contributed by atoms with Crippen molar-refractivity contribution in [2.24, 2.45) is 0 Å². The van der Waals surface area contributed by atoms with E-state index in [0.29, 0.717) is 24.4 Å². The molecule has 3 nitrogen and oxygen atoms in total. The molecule has 2 heterocycles. The van der Waals surface area contributed by atoms with Gasteiger partial charge in [0.1, 0.15) is 0 Å². The molecule has 2 saturated heterocycles. The number of piperazine rings is 1. The molecule has 0 aromatic heterocycles. The number of benzene rings is 1. The maximum Gasteiger partial charge on any atom is 0.222 e. The summed E-state index contributed by atoms with van der Waals surface area (Å²) in [4.78, 5) is 16.7. The zero-order valence-corrected chi connectivity index (χ0v) is 13.3. The summed E-state index contributed by atoms with van der Waals surface area (Å²) in [6.45, 7) is 4.92. The summed E-state index contributed by atoms with van der Waals surface area (Å²) in [5.74, 6) is 0.323. The molecule has 2 aliphatic heterocycles. The van der Waals surface area contributed by atoms with Gasteiger partial charge in [-0.25, -0.2) is 0 Å². The third-order valence-electron chi connectivity index (χ3n) is 5.51. The highest BCUT2D eigenvalue weighted by molar-refractivity contribution is 5.76. The summed E-state index contributed by atoms with van der Waals surface area (Å²) in [5.41, 5.74) is 4.39. The average molecular weight is 296 g/mol. The van der Waals surface area contributed by atoms with Gasteiger partial charge in [-0.15, -0.1) is 0 Å². The summed E-state index contributed by atoms with van der Waals surface area (Å²) in [6, 6.07) is 9.85. The number of nitrogens with zero attached hydrogens (tertiary/aromatic N) is 2. The minimum absolute atomic E-state index is 0.323. The summed E-state index contributed by atoms with van der Waals surface area (Å²) in [7, 11) is 0.